The van der Waals surface area contributed by atoms with Crippen molar-refractivity contribution in [2.24, 2.45) is 0 Å². The number of hydrogen-bond acceptors (Lipinski definition) is 3. The lowest BCUT2D eigenvalue weighted by molar-refractivity contribution is 0.104. The third-order valence-electron chi connectivity index (χ3n) is 2.91. The van der Waals surface area contributed by atoms with E-state index in [9.17, 15) is 5.11 Å². The first kappa shape index (κ1) is 13.6. The molecule has 0 aromatic heterocycles. The fourth-order valence-electron chi connectivity index (χ4n) is 1.87. The Morgan fingerprint density at radius 3 is 2.61 bits per heavy atom. The third-order valence-corrected chi connectivity index (χ3v) is 3.43. The van der Waals surface area contributed by atoms with Crippen LogP contribution in [0.3, 0.4) is 0 Å². The van der Waals surface area contributed by atoms with Gasteiger partial charge in [0, 0.05) is 17.1 Å². The molecule has 0 spiro atoms. The summed E-state index contributed by atoms with van der Waals surface area (Å²) in [6.45, 7) is 0.887. The van der Waals surface area contributed by atoms with Crippen molar-refractivity contribution in [2.45, 2.75) is 25.0 Å². The molecule has 98 valence electrons. The first-order valence-corrected chi connectivity index (χ1v) is 6.98. The van der Waals surface area contributed by atoms with E-state index >= 15 is 0 Å². The zero-order valence-corrected chi connectivity index (χ0v) is 11.8. The van der Waals surface area contributed by atoms with Gasteiger partial charge in [0.2, 0.25) is 0 Å². The minimum atomic E-state index is -0.478. The van der Waals surface area contributed by atoms with E-state index in [1.165, 1.54) is 0 Å². The van der Waals surface area contributed by atoms with Gasteiger partial charge in [-0.3, -0.25) is 0 Å². The van der Waals surface area contributed by atoms with Crippen molar-refractivity contribution in [3.63, 3.8) is 0 Å². The van der Waals surface area contributed by atoms with E-state index in [2.05, 4.69) is 33.4 Å². The summed E-state index contributed by atoms with van der Waals surface area (Å²) in [6, 6.07) is 8.08. The van der Waals surface area contributed by atoms with E-state index in [0.29, 0.717) is 19.2 Å². The number of aliphatic hydroxyl groups excluding tert-OH is 1. The quantitative estimate of drug-likeness (QED) is 0.793. The number of benzene rings is 1. The molecule has 1 aliphatic carbocycles. The van der Waals surface area contributed by atoms with Gasteiger partial charge in [0.15, 0.2) is 0 Å². The summed E-state index contributed by atoms with van der Waals surface area (Å²) in [5.74, 6) is 0.778. The van der Waals surface area contributed by atoms with Crippen molar-refractivity contribution in [2.75, 3.05) is 13.2 Å². The Hall–Kier alpha value is -0.840. The second-order valence-electron chi connectivity index (χ2n) is 4.47. The number of halogens is 1. The average Bonchev–Trinajstić information content (AvgIpc) is 2.89. The monoisotopic (exact) mass is 311 g/mol. The molecule has 0 amide bonds. The molecule has 0 bridgehead atoms. The van der Waals surface area contributed by atoms with Crippen LogP contribution in [0.2, 0.25) is 0 Å². The predicted octanol–water partition coefficient (Wildman–Crippen LogP) is 2.50. The highest BCUT2D eigenvalue weighted by molar-refractivity contribution is 9.10. The predicted molar refractivity (Wildman–Crippen MR) is 75.8 cm³/mol. The van der Waals surface area contributed by atoms with Gasteiger partial charge in [-0.05, 0) is 37.1 Å². The van der Waals surface area contributed by atoms with Crippen molar-refractivity contribution < 1.29 is 9.84 Å². The summed E-state index contributed by atoms with van der Waals surface area (Å²) < 4.78 is 6.53. The molecule has 1 aromatic carbocycles. The molecule has 0 heterocycles. The van der Waals surface area contributed by atoms with Crippen molar-refractivity contribution in [1.29, 1.82) is 0 Å². The zero-order valence-electron chi connectivity index (χ0n) is 10.2. The van der Waals surface area contributed by atoms with Crippen molar-refractivity contribution >= 4 is 15.9 Å². The number of aliphatic hydroxyl groups is 1. The highest BCUT2D eigenvalue weighted by atomic mass is 79.9. The summed E-state index contributed by atoms with van der Waals surface area (Å²) in [5.41, 5.74) is 0. The largest absolute Gasteiger partial charge is 0.491 e. The first-order valence-electron chi connectivity index (χ1n) is 6.19. The molecule has 0 saturated carbocycles. The minimum absolute atomic E-state index is 0.314. The summed E-state index contributed by atoms with van der Waals surface area (Å²) in [4.78, 5) is 0. The van der Waals surface area contributed by atoms with Crippen LogP contribution in [0, 0.1) is 0 Å². The number of nitrogens with one attached hydrogen (secondary N) is 1. The van der Waals surface area contributed by atoms with Gasteiger partial charge < -0.3 is 15.2 Å². The number of ether oxygens (including phenoxy) is 1. The van der Waals surface area contributed by atoms with Gasteiger partial charge in [-0.1, -0.05) is 28.1 Å². The molecule has 0 aliphatic heterocycles. The molecule has 1 aliphatic rings. The van der Waals surface area contributed by atoms with E-state index in [-0.39, 0.29) is 0 Å². The van der Waals surface area contributed by atoms with Gasteiger partial charge in [0.1, 0.15) is 18.5 Å². The molecule has 1 atom stereocenters. The van der Waals surface area contributed by atoms with Gasteiger partial charge >= 0.3 is 0 Å². The first-order chi connectivity index (χ1) is 8.74. The maximum Gasteiger partial charge on any atom is 0.119 e. The average molecular weight is 312 g/mol. The lowest BCUT2D eigenvalue weighted by Crippen LogP contribution is -2.36. The molecule has 0 saturated heterocycles. The van der Waals surface area contributed by atoms with E-state index in [0.717, 1.165) is 23.1 Å². The van der Waals surface area contributed by atoms with Gasteiger partial charge in [-0.25, -0.2) is 0 Å². The maximum atomic E-state index is 9.81. The molecule has 0 radical (unpaired) electrons. The lowest BCUT2D eigenvalue weighted by Gasteiger charge is -2.16. The molecule has 1 aromatic rings. The third kappa shape index (κ3) is 4.44. The van der Waals surface area contributed by atoms with Gasteiger partial charge in [0.05, 0.1) is 0 Å². The van der Waals surface area contributed by atoms with E-state index in [1.807, 2.05) is 24.3 Å². The Bertz CT molecular complexity index is 383. The highest BCUT2D eigenvalue weighted by Gasteiger charge is 2.12. The van der Waals surface area contributed by atoms with Gasteiger partial charge in [0.25, 0.3) is 0 Å². The zero-order chi connectivity index (χ0) is 12.8. The maximum absolute atomic E-state index is 9.81. The van der Waals surface area contributed by atoms with E-state index in [1.54, 1.807) is 0 Å². The standard InChI is InChI=1S/C14H18BrNO2/c15-11-5-7-14(8-6-11)18-10-13(17)9-16-12-3-1-2-4-12/h1-2,5-8,12-13,16-17H,3-4,9-10H2. The fourth-order valence-corrected chi connectivity index (χ4v) is 2.13. The topological polar surface area (TPSA) is 41.5 Å². The van der Waals surface area contributed by atoms with Crippen LogP contribution in [0.4, 0.5) is 0 Å². The molecule has 2 rings (SSSR count). The lowest BCUT2D eigenvalue weighted by atomic mass is 10.2. The van der Waals surface area contributed by atoms with Crippen LogP contribution in [-0.2, 0) is 0 Å². The Kier molecular flexibility index (Phi) is 5.23. The molecule has 4 heteroatoms. The molecule has 1 unspecified atom stereocenters. The van der Waals surface area contributed by atoms with E-state index < -0.39 is 6.10 Å². The Morgan fingerprint density at radius 1 is 1.28 bits per heavy atom. The van der Waals surface area contributed by atoms with Crippen LogP contribution >= 0.6 is 15.9 Å². The van der Waals surface area contributed by atoms with E-state index in [4.69, 9.17) is 4.74 Å². The van der Waals surface area contributed by atoms with Crippen LogP contribution in [-0.4, -0.2) is 30.4 Å². The Balaban J connectivity index is 1.64. The SMILES string of the molecule is OC(CNC1CC=CC1)COc1ccc(Br)cc1. The number of rotatable bonds is 6. The van der Waals surface area contributed by atoms with Crippen molar-refractivity contribution in [3.05, 3.63) is 40.9 Å². The van der Waals surface area contributed by atoms with Crippen molar-refractivity contribution in [3.8, 4) is 5.75 Å². The molecule has 0 fully saturated rings. The molecule has 18 heavy (non-hydrogen) atoms. The Labute approximate surface area is 116 Å². The Morgan fingerprint density at radius 2 is 1.94 bits per heavy atom. The summed E-state index contributed by atoms with van der Waals surface area (Å²) >= 11 is 3.37. The molecule has 2 N–H and O–H groups in total. The smallest absolute Gasteiger partial charge is 0.119 e. The van der Waals surface area contributed by atoms with Crippen LogP contribution in [0.15, 0.2) is 40.9 Å². The van der Waals surface area contributed by atoms with Crippen LogP contribution in [0.1, 0.15) is 12.8 Å². The van der Waals surface area contributed by atoms with Gasteiger partial charge in [-0.15, -0.1) is 0 Å². The van der Waals surface area contributed by atoms with Crippen molar-refractivity contribution in [1.82, 2.24) is 5.32 Å². The summed E-state index contributed by atoms with van der Waals surface area (Å²) in [7, 11) is 0. The molecule has 3 nitrogen and oxygen atoms in total. The summed E-state index contributed by atoms with van der Waals surface area (Å²) in [6.07, 6.45) is 5.97. The normalized spacial score (nSPS) is 17.0. The van der Waals surface area contributed by atoms with Gasteiger partial charge in [-0.2, -0.15) is 0 Å². The molecular formula is C14H18BrNO2. The summed E-state index contributed by atoms with van der Waals surface area (Å²) in [5, 5.41) is 13.1. The fraction of sp³-hybridized carbons (Fsp3) is 0.429. The highest BCUT2D eigenvalue weighted by Crippen LogP contribution is 2.16. The van der Waals surface area contributed by atoms with Crippen LogP contribution < -0.4 is 10.1 Å². The minimum Gasteiger partial charge on any atom is -0.491 e. The van der Waals surface area contributed by atoms with Crippen LogP contribution in [0.5, 0.6) is 5.75 Å². The second-order valence-corrected chi connectivity index (χ2v) is 5.38. The van der Waals surface area contributed by atoms with Crippen LogP contribution in [0.25, 0.3) is 0 Å². The second kappa shape index (κ2) is 6.92. The number of hydrogen-bond donors (Lipinski definition) is 2. The molecular weight excluding hydrogens is 294 g/mol.